The number of ether oxygens (including phenoxy) is 1. The first kappa shape index (κ1) is 14.2. The van der Waals surface area contributed by atoms with E-state index < -0.39 is 10.0 Å². The monoisotopic (exact) mass is 296 g/mol. The summed E-state index contributed by atoms with van der Waals surface area (Å²) in [6.45, 7) is 1.88. The second kappa shape index (κ2) is 5.41. The Morgan fingerprint density at radius 2 is 2.20 bits per heavy atom. The number of nitrogens with zero attached hydrogens (tertiary/aromatic N) is 1. The van der Waals surface area contributed by atoms with E-state index >= 15 is 0 Å². The largest absolute Gasteiger partial charge is 0.495 e. The molecule has 0 unspecified atom stereocenters. The molecule has 0 amide bonds. The number of aromatic nitrogens is 2. The number of hydrogen-bond acceptors (Lipinski definition) is 5. The Balaban J connectivity index is 2.28. The van der Waals surface area contributed by atoms with E-state index in [2.05, 4.69) is 14.7 Å². The van der Waals surface area contributed by atoms with Gasteiger partial charge < -0.3 is 15.5 Å². The number of rotatable bonds is 5. The molecule has 0 saturated carbocycles. The molecular weight excluding hydrogens is 280 g/mol. The van der Waals surface area contributed by atoms with Gasteiger partial charge in [0, 0.05) is 12.5 Å². The van der Waals surface area contributed by atoms with Gasteiger partial charge in [0.2, 0.25) is 0 Å². The maximum Gasteiger partial charge on any atom is 0.278 e. The van der Waals surface area contributed by atoms with Crippen LogP contribution in [0, 0.1) is 0 Å². The van der Waals surface area contributed by atoms with Gasteiger partial charge >= 0.3 is 0 Å². The Labute approximate surface area is 117 Å². The molecule has 1 aromatic heterocycles. The van der Waals surface area contributed by atoms with E-state index in [1.807, 2.05) is 6.92 Å². The first-order chi connectivity index (χ1) is 9.46. The second-order valence-electron chi connectivity index (χ2n) is 4.11. The average molecular weight is 296 g/mol. The van der Waals surface area contributed by atoms with Gasteiger partial charge in [-0.1, -0.05) is 6.92 Å². The van der Waals surface area contributed by atoms with Gasteiger partial charge in [-0.15, -0.1) is 0 Å². The number of sulfonamides is 1. The lowest BCUT2D eigenvalue weighted by atomic mass is 10.3. The van der Waals surface area contributed by atoms with Crippen LogP contribution >= 0.6 is 0 Å². The van der Waals surface area contributed by atoms with Gasteiger partial charge in [0.25, 0.3) is 10.0 Å². The molecule has 8 heteroatoms. The molecule has 0 bridgehead atoms. The summed E-state index contributed by atoms with van der Waals surface area (Å²) in [6, 6.07) is 4.65. The van der Waals surface area contributed by atoms with Crippen molar-refractivity contribution in [1.82, 2.24) is 9.97 Å². The van der Waals surface area contributed by atoms with Crippen molar-refractivity contribution in [1.29, 1.82) is 0 Å². The van der Waals surface area contributed by atoms with Crippen LogP contribution in [0.3, 0.4) is 0 Å². The third kappa shape index (κ3) is 2.85. The highest BCUT2D eigenvalue weighted by Crippen LogP contribution is 2.26. The summed E-state index contributed by atoms with van der Waals surface area (Å²) in [7, 11) is -2.24. The van der Waals surface area contributed by atoms with Crippen molar-refractivity contribution < 1.29 is 13.2 Å². The standard InChI is InChI=1S/C12H16N4O3S/c1-3-11-14-7-12(15-11)20(17,18)16-8-4-5-9(13)10(6-8)19-2/h4-7,16H,3,13H2,1-2H3,(H,14,15). The fourth-order valence-electron chi connectivity index (χ4n) is 1.64. The molecule has 0 spiro atoms. The highest BCUT2D eigenvalue weighted by atomic mass is 32.2. The van der Waals surface area contributed by atoms with Gasteiger partial charge in [-0.3, -0.25) is 4.72 Å². The zero-order chi connectivity index (χ0) is 14.8. The maximum atomic E-state index is 12.2. The molecular formula is C12H16N4O3S. The minimum Gasteiger partial charge on any atom is -0.495 e. The summed E-state index contributed by atoms with van der Waals surface area (Å²) < 4.78 is 31.8. The third-order valence-electron chi connectivity index (χ3n) is 2.72. The van der Waals surface area contributed by atoms with Crippen molar-refractivity contribution >= 4 is 21.4 Å². The summed E-state index contributed by atoms with van der Waals surface area (Å²) in [6.07, 6.45) is 1.92. The molecule has 4 N–H and O–H groups in total. The van der Waals surface area contributed by atoms with Crippen LogP contribution in [0.1, 0.15) is 12.7 Å². The SMILES string of the molecule is CCc1ncc(S(=O)(=O)Nc2ccc(N)c(OC)c2)[nH]1. The number of imidazole rings is 1. The van der Waals surface area contributed by atoms with E-state index in [1.165, 1.54) is 19.4 Å². The van der Waals surface area contributed by atoms with Crippen molar-refractivity contribution in [3.8, 4) is 5.75 Å². The van der Waals surface area contributed by atoms with Crippen molar-refractivity contribution in [2.75, 3.05) is 17.6 Å². The van der Waals surface area contributed by atoms with Crippen LogP contribution in [-0.2, 0) is 16.4 Å². The summed E-state index contributed by atoms with van der Waals surface area (Å²) in [5.41, 5.74) is 6.48. The Hall–Kier alpha value is -2.22. The lowest BCUT2D eigenvalue weighted by Gasteiger charge is -2.09. The number of H-pyrrole nitrogens is 1. The molecule has 0 atom stereocenters. The van der Waals surface area contributed by atoms with E-state index in [0.29, 0.717) is 29.4 Å². The fourth-order valence-corrected chi connectivity index (χ4v) is 2.64. The van der Waals surface area contributed by atoms with Crippen LogP contribution < -0.4 is 15.2 Å². The van der Waals surface area contributed by atoms with Gasteiger partial charge in [-0.25, -0.2) is 4.98 Å². The normalized spacial score (nSPS) is 11.3. The smallest absolute Gasteiger partial charge is 0.278 e. The third-order valence-corrected chi connectivity index (χ3v) is 4.01. The zero-order valence-corrected chi connectivity index (χ0v) is 12.0. The molecule has 0 aliphatic carbocycles. The molecule has 2 aromatic rings. The number of hydrogen-bond donors (Lipinski definition) is 3. The van der Waals surface area contributed by atoms with Crippen molar-refractivity contribution in [2.45, 2.75) is 18.4 Å². The minimum atomic E-state index is -3.70. The predicted molar refractivity (Wildman–Crippen MR) is 76.2 cm³/mol. The molecule has 0 saturated heterocycles. The Morgan fingerprint density at radius 3 is 2.80 bits per heavy atom. The number of anilines is 2. The summed E-state index contributed by atoms with van der Waals surface area (Å²) in [5, 5.41) is 0.0186. The molecule has 2 rings (SSSR count). The van der Waals surface area contributed by atoms with Crippen molar-refractivity contribution in [3.05, 3.63) is 30.2 Å². The first-order valence-corrected chi connectivity index (χ1v) is 7.44. The number of aryl methyl sites for hydroxylation is 1. The summed E-state index contributed by atoms with van der Waals surface area (Å²) in [5.74, 6) is 1.02. The topological polar surface area (TPSA) is 110 Å². The quantitative estimate of drug-likeness (QED) is 0.722. The molecule has 1 heterocycles. The summed E-state index contributed by atoms with van der Waals surface area (Å²) in [4.78, 5) is 6.72. The zero-order valence-electron chi connectivity index (χ0n) is 11.2. The highest BCUT2D eigenvalue weighted by molar-refractivity contribution is 7.92. The van der Waals surface area contributed by atoms with Crippen LogP contribution in [0.25, 0.3) is 0 Å². The van der Waals surface area contributed by atoms with E-state index in [9.17, 15) is 8.42 Å². The van der Waals surface area contributed by atoms with Crippen LogP contribution in [0.15, 0.2) is 29.4 Å². The molecule has 0 radical (unpaired) electrons. The number of nitrogens with two attached hydrogens (primary N) is 1. The minimum absolute atomic E-state index is 0.0186. The van der Waals surface area contributed by atoms with E-state index in [4.69, 9.17) is 10.5 Å². The molecule has 0 aliphatic rings. The lowest BCUT2D eigenvalue weighted by molar-refractivity contribution is 0.417. The number of methoxy groups -OCH3 is 1. The van der Waals surface area contributed by atoms with Gasteiger partial charge in [0.15, 0.2) is 5.03 Å². The van der Waals surface area contributed by atoms with Crippen LogP contribution in [0.2, 0.25) is 0 Å². The highest BCUT2D eigenvalue weighted by Gasteiger charge is 2.17. The Bertz CT molecular complexity index is 709. The van der Waals surface area contributed by atoms with E-state index in [-0.39, 0.29) is 5.03 Å². The number of nitrogen functional groups attached to an aromatic ring is 1. The molecule has 0 aliphatic heterocycles. The van der Waals surface area contributed by atoms with Crippen molar-refractivity contribution in [3.63, 3.8) is 0 Å². The van der Waals surface area contributed by atoms with E-state index in [0.717, 1.165) is 0 Å². The number of aromatic amines is 1. The second-order valence-corrected chi connectivity index (χ2v) is 5.76. The van der Waals surface area contributed by atoms with Crippen LogP contribution in [0.4, 0.5) is 11.4 Å². The molecule has 20 heavy (non-hydrogen) atoms. The molecule has 0 fully saturated rings. The average Bonchev–Trinajstić information content (AvgIpc) is 2.90. The number of benzene rings is 1. The maximum absolute atomic E-state index is 12.2. The van der Waals surface area contributed by atoms with Crippen molar-refractivity contribution in [2.24, 2.45) is 0 Å². The van der Waals surface area contributed by atoms with E-state index in [1.54, 1.807) is 12.1 Å². The molecule has 108 valence electrons. The van der Waals surface area contributed by atoms with Crippen LogP contribution in [0.5, 0.6) is 5.75 Å². The van der Waals surface area contributed by atoms with Gasteiger partial charge in [-0.05, 0) is 12.1 Å². The lowest BCUT2D eigenvalue weighted by Crippen LogP contribution is -2.13. The van der Waals surface area contributed by atoms with Gasteiger partial charge in [-0.2, -0.15) is 8.42 Å². The van der Waals surface area contributed by atoms with Crippen LogP contribution in [-0.4, -0.2) is 25.5 Å². The Morgan fingerprint density at radius 1 is 1.45 bits per heavy atom. The number of nitrogens with one attached hydrogen (secondary N) is 2. The van der Waals surface area contributed by atoms with Gasteiger partial charge in [0.05, 0.1) is 24.7 Å². The molecule has 7 nitrogen and oxygen atoms in total. The predicted octanol–water partition coefficient (Wildman–Crippen LogP) is 1.36. The summed E-state index contributed by atoms with van der Waals surface area (Å²) >= 11 is 0. The first-order valence-electron chi connectivity index (χ1n) is 5.96. The Kier molecular flexibility index (Phi) is 3.84. The molecule has 1 aromatic carbocycles. The fraction of sp³-hybridized carbons (Fsp3) is 0.250. The van der Waals surface area contributed by atoms with Gasteiger partial charge in [0.1, 0.15) is 11.6 Å².